The van der Waals surface area contributed by atoms with Gasteiger partial charge in [0.2, 0.25) is 0 Å². The molecule has 2 aliphatic rings. The van der Waals surface area contributed by atoms with Crippen LogP contribution in [0.3, 0.4) is 0 Å². The Morgan fingerprint density at radius 3 is 1.27 bits per heavy atom. The van der Waals surface area contributed by atoms with Crippen LogP contribution in [-0.2, 0) is 0 Å². The van der Waals surface area contributed by atoms with Gasteiger partial charge in [0.25, 0.3) is 11.4 Å². The Bertz CT molecular complexity index is 1840. The first-order valence-electron chi connectivity index (χ1n) is 15.6. The summed E-state index contributed by atoms with van der Waals surface area (Å²) in [4.78, 5) is 26.5. The van der Waals surface area contributed by atoms with E-state index in [1.54, 1.807) is 24.3 Å². The molecule has 0 bridgehead atoms. The van der Waals surface area contributed by atoms with Crippen molar-refractivity contribution >= 4 is 45.5 Å². The van der Waals surface area contributed by atoms with Gasteiger partial charge in [-0.05, 0) is 64.1 Å². The second-order valence-electron chi connectivity index (χ2n) is 10.8. The van der Waals surface area contributed by atoms with Gasteiger partial charge in [-0.3, -0.25) is 20.2 Å². The van der Waals surface area contributed by atoms with E-state index in [1.165, 1.54) is 36.4 Å². The maximum absolute atomic E-state index is 11.7. The Balaban J connectivity index is 1.62. The Labute approximate surface area is 280 Å². The Kier molecular flexibility index (Phi) is 8.94. The molecule has 0 N–H and O–H groups in total. The van der Waals surface area contributed by atoms with Crippen LogP contribution in [0.4, 0.5) is 45.5 Å². The summed E-state index contributed by atoms with van der Waals surface area (Å²) in [7, 11) is 0. The summed E-state index contributed by atoms with van der Waals surface area (Å²) in [5, 5.41) is 40.7. The van der Waals surface area contributed by atoms with Gasteiger partial charge in [0.15, 0.2) is 23.0 Å². The van der Waals surface area contributed by atoms with Gasteiger partial charge in [-0.1, -0.05) is 0 Å². The number of anilines is 2. The molecule has 0 radical (unpaired) electrons. The van der Waals surface area contributed by atoms with Gasteiger partial charge in [0.05, 0.1) is 9.85 Å². The van der Waals surface area contributed by atoms with Gasteiger partial charge in [-0.2, -0.15) is 0 Å². The van der Waals surface area contributed by atoms with Crippen molar-refractivity contribution in [3.05, 3.63) is 93.0 Å². The second kappa shape index (κ2) is 13.4. The van der Waals surface area contributed by atoms with Crippen molar-refractivity contribution in [2.75, 3.05) is 36.0 Å². The minimum atomic E-state index is -2.53. The van der Waals surface area contributed by atoms with Crippen LogP contribution in [-0.4, -0.2) is 42.2 Å². The molecule has 0 aliphatic carbocycles. The average Bonchev–Trinajstić information content (AvgIpc) is 3.19. The molecule has 0 unspecified atom stereocenters. The second-order valence-corrected chi connectivity index (χ2v) is 10.8. The van der Waals surface area contributed by atoms with Crippen molar-refractivity contribution in [1.29, 1.82) is 0 Å². The number of fused-ring (bicyclic) bond motifs is 4. The third-order valence-electron chi connectivity index (χ3n) is 7.92. The summed E-state index contributed by atoms with van der Waals surface area (Å²) in [6, 6.07) is 18.0. The molecule has 4 aromatic rings. The minimum absolute atomic E-state index is 0.0136. The van der Waals surface area contributed by atoms with E-state index in [2.05, 4.69) is 30.3 Å². The normalized spacial score (nSPS) is 15.8. The summed E-state index contributed by atoms with van der Waals surface area (Å²) < 4.78 is 26.0. The van der Waals surface area contributed by atoms with Gasteiger partial charge in [-0.25, -0.2) is 0 Å². The zero-order valence-corrected chi connectivity index (χ0v) is 27.1. The van der Waals surface area contributed by atoms with Gasteiger partial charge >= 0.3 is 6.16 Å². The maximum atomic E-state index is 11.7. The molecule has 16 nitrogen and oxygen atoms in total. The number of rotatable bonds is 8. The lowest BCUT2D eigenvalue weighted by atomic mass is 10.2. The molecule has 49 heavy (non-hydrogen) atoms. The molecule has 2 aliphatic heterocycles. The summed E-state index contributed by atoms with van der Waals surface area (Å²) in [5.41, 5.74) is 1.51. The van der Waals surface area contributed by atoms with E-state index in [-0.39, 0.29) is 57.1 Å². The van der Waals surface area contributed by atoms with Crippen LogP contribution < -0.4 is 28.7 Å². The topological polar surface area (TPSA) is 179 Å². The first-order valence-corrected chi connectivity index (χ1v) is 15.6. The molecule has 6 rings (SSSR count). The van der Waals surface area contributed by atoms with E-state index < -0.39 is 16.0 Å². The molecule has 1 spiro atoms. The van der Waals surface area contributed by atoms with Crippen molar-refractivity contribution in [3.8, 4) is 23.0 Å². The van der Waals surface area contributed by atoms with Crippen LogP contribution in [0, 0.1) is 20.2 Å². The summed E-state index contributed by atoms with van der Waals surface area (Å²) in [5.74, 6) is 0.190. The maximum Gasteiger partial charge on any atom is 0.611 e. The van der Waals surface area contributed by atoms with Crippen LogP contribution in [0.1, 0.15) is 27.7 Å². The van der Waals surface area contributed by atoms with E-state index in [4.69, 9.17) is 18.9 Å². The summed E-state index contributed by atoms with van der Waals surface area (Å²) in [6.07, 6.45) is -2.53. The largest absolute Gasteiger partial charge is 0.611 e. The lowest BCUT2D eigenvalue weighted by molar-refractivity contribution is -0.385. The molecule has 0 saturated heterocycles. The van der Waals surface area contributed by atoms with Crippen LogP contribution in [0.5, 0.6) is 23.0 Å². The molecule has 0 aromatic heterocycles. The van der Waals surface area contributed by atoms with Crippen LogP contribution >= 0.6 is 0 Å². The number of ether oxygens (including phenoxy) is 4. The van der Waals surface area contributed by atoms with Gasteiger partial charge in [-0.15, -0.1) is 20.5 Å². The standard InChI is InChI=1S/C33H32N8O8/c1-5-38(6-2)21-9-13-25-31(19-21)48-33(46-29-15-11-23(40(42)43)17-27(29)36-34-25)47-30-16-12-24(41(44)45)18-28(30)37-35-26-14-10-22(20-32(26)49-33)39(7-3)8-4/h9-20H,5-8H2,1-4H3. The molecule has 2 heterocycles. The fourth-order valence-electron chi connectivity index (χ4n) is 5.35. The van der Waals surface area contributed by atoms with E-state index in [0.29, 0.717) is 26.2 Å². The predicted octanol–water partition coefficient (Wildman–Crippen LogP) is 8.88. The molecule has 0 atom stereocenters. The van der Waals surface area contributed by atoms with Gasteiger partial charge in [0, 0.05) is 74.0 Å². The Morgan fingerprint density at radius 1 is 0.531 bits per heavy atom. The van der Waals surface area contributed by atoms with Crippen LogP contribution in [0.15, 0.2) is 93.3 Å². The zero-order valence-electron chi connectivity index (χ0n) is 27.1. The third kappa shape index (κ3) is 6.60. The van der Waals surface area contributed by atoms with Crippen molar-refractivity contribution in [1.82, 2.24) is 0 Å². The summed E-state index contributed by atoms with van der Waals surface area (Å²) >= 11 is 0. The molecule has 16 heteroatoms. The number of azo groups is 2. The van der Waals surface area contributed by atoms with Crippen LogP contribution in [0.2, 0.25) is 0 Å². The number of hydrogen-bond acceptors (Lipinski definition) is 14. The fraction of sp³-hybridized carbons (Fsp3) is 0.273. The molecule has 0 saturated carbocycles. The number of nitro groups is 2. The number of nitro benzene ring substituents is 2. The van der Waals surface area contributed by atoms with Crippen LogP contribution in [0.25, 0.3) is 0 Å². The Morgan fingerprint density at radius 2 is 0.898 bits per heavy atom. The molecule has 0 fully saturated rings. The highest BCUT2D eigenvalue weighted by Gasteiger charge is 2.47. The fourth-order valence-corrected chi connectivity index (χ4v) is 5.35. The highest BCUT2D eigenvalue weighted by atomic mass is 17.0. The number of nitrogens with zero attached hydrogens (tertiary/aromatic N) is 8. The predicted molar refractivity (Wildman–Crippen MR) is 180 cm³/mol. The van der Waals surface area contributed by atoms with Gasteiger partial charge < -0.3 is 28.7 Å². The monoisotopic (exact) mass is 668 g/mol. The molecule has 252 valence electrons. The SMILES string of the molecule is CCN(CC)c1ccc2c(c1)OC1(Oc3ccc([N+](=O)[O-])cc3N=N2)Oc2ccc([N+](=O)[O-])cc2N=Nc2ccc(N(CC)CC)cc2O1. The smallest absolute Gasteiger partial charge is 0.384 e. The lowest BCUT2D eigenvalue weighted by Gasteiger charge is -2.33. The van der Waals surface area contributed by atoms with E-state index in [9.17, 15) is 20.2 Å². The van der Waals surface area contributed by atoms with E-state index in [1.807, 2.05) is 39.8 Å². The number of hydrogen-bond donors (Lipinski definition) is 0. The third-order valence-corrected chi connectivity index (χ3v) is 7.92. The van der Waals surface area contributed by atoms with Crippen molar-refractivity contribution in [3.63, 3.8) is 0 Å². The average molecular weight is 669 g/mol. The molecular formula is C33H32N8O8. The summed E-state index contributed by atoms with van der Waals surface area (Å²) in [6.45, 7) is 10.8. The van der Waals surface area contributed by atoms with E-state index >= 15 is 0 Å². The highest BCUT2D eigenvalue weighted by molar-refractivity contribution is 5.66. The molecular weight excluding hydrogens is 636 g/mol. The molecule has 0 amide bonds. The minimum Gasteiger partial charge on any atom is -0.384 e. The number of non-ortho nitro benzene ring substituents is 2. The van der Waals surface area contributed by atoms with Crippen molar-refractivity contribution in [2.45, 2.75) is 33.9 Å². The zero-order chi connectivity index (χ0) is 34.7. The highest BCUT2D eigenvalue weighted by Crippen LogP contribution is 2.47. The first-order chi connectivity index (χ1) is 23.6. The lowest BCUT2D eigenvalue weighted by Crippen LogP contribution is -2.53. The first kappa shape index (κ1) is 32.6. The Hall–Kier alpha value is -6.32. The number of benzene rings is 4. The van der Waals surface area contributed by atoms with Crippen molar-refractivity contribution in [2.24, 2.45) is 20.5 Å². The van der Waals surface area contributed by atoms with Gasteiger partial charge in [0.1, 0.15) is 22.7 Å². The van der Waals surface area contributed by atoms with Crippen molar-refractivity contribution < 1.29 is 28.8 Å². The quantitative estimate of drug-likeness (QED) is 0.130. The molecule has 4 aromatic carbocycles. The van der Waals surface area contributed by atoms with E-state index in [0.717, 1.165) is 11.4 Å².